The second-order valence-corrected chi connectivity index (χ2v) is 3.87. The number of alkyl halides is 3. The minimum absolute atomic E-state index is 0.0169. The van der Waals surface area contributed by atoms with Crippen LogP contribution in [0.15, 0.2) is 0 Å². The summed E-state index contributed by atoms with van der Waals surface area (Å²) >= 11 is 0. The van der Waals surface area contributed by atoms with Gasteiger partial charge in [0.1, 0.15) is 6.04 Å². The molecule has 1 saturated heterocycles. The van der Waals surface area contributed by atoms with Crippen molar-refractivity contribution < 1.29 is 27.4 Å². The molecule has 0 N–H and O–H groups in total. The Kier molecular flexibility index (Phi) is 5.20. The van der Waals surface area contributed by atoms with Crippen molar-refractivity contribution >= 4 is 5.97 Å². The van der Waals surface area contributed by atoms with Gasteiger partial charge in [0.25, 0.3) is 0 Å². The largest absolute Gasteiger partial charge is 0.468 e. The zero-order chi connectivity index (χ0) is 12.9. The zero-order valence-electron chi connectivity index (χ0n) is 9.63. The molecular weight excluding hydrogens is 239 g/mol. The molecule has 4 nitrogen and oxygen atoms in total. The Hall–Kier alpha value is -0.820. The van der Waals surface area contributed by atoms with Gasteiger partial charge in [-0.2, -0.15) is 13.2 Å². The third kappa shape index (κ3) is 4.91. The average Bonchev–Trinajstić information content (AvgIpc) is 2.27. The normalized spacial score (nSPS) is 22.5. The molecule has 0 aromatic rings. The fourth-order valence-electron chi connectivity index (χ4n) is 1.74. The van der Waals surface area contributed by atoms with Crippen LogP contribution in [-0.4, -0.2) is 56.5 Å². The molecule has 1 heterocycles. The third-order valence-corrected chi connectivity index (χ3v) is 2.62. The number of esters is 1. The second-order valence-electron chi connectivity index (χ2n) is 3.87. The summed E-state index contributed by atoms with van der Waals surface area (Å²) in [6, 6.07) is -0.581. The van der Waals surface area contributed by atoms with E-state index in [0.29, 0.717) is 13.2 Å². The van der Waals surface area contributed by atoms with E-state index >= 15 is 0 Å². The van der Waals surface area contributed by atoms with E-state index in [-0.39, 0.29) is 19.6 Å². The number of nitrogens with zero attached hydrogens (tertiary/aromatic N) is 1. The molecule has 0 saturated carbocycles. The number of halogens is 3. The zero-order valence-corrected chi connectivity index (χ0v) is 9.63. The quantitative estimate of drug-likeness (QED) is 0.708. The highest BCUT2D eigenvalue weighted by atomic mass is 19.4. The van der Waals surface area contributed by atoms with Crippen molar-refractivity contribution in [3.05, 3.63) is 0 Å². The lowest BCUT2D eigenvalue weighted by Gasteiger charge is -2.33. The fourth-order valence-corrected chi connectivity index (χ4v) is 1.74. The maximum Gasteiger partial charge on any atom is 0.389 e. The molecule has 1 fully saturated rings. The summed E-state index contributed by atoms with van der Waals surface area (Å²) in [5.41, 5.74) is 0. The Morgan fingerprint density at radius 2 is 2.24 bits per heavy atom. The predicted molar refractivity (Wildman–Crippen MR) is 53.5 cm³/mol. The number of methoxy groups -OCH3 is 1. The number of morpholine rings is 1. The van der Waals surface area contributed by atoms with Crippen LogP contribution in [0.2, 0.25) is 0 Å². The van der Waals surface area contributed by atoms with Gasteiger partial charge in [-0.05, 0) is 13.0 Å². The van der Waals surface area contributed by atoms with E-state index < -0.39 is 24.6 Å². The minimum Gasteiger partial charge on any atom is -0.468 e. The van der Waals surface area contributed by atoms with E-state index in [1.807, 2.05) is 0 Å². The van der Waals surface area contributed by atoms with Gasteiger partial charge in [0.15, 0.2) is 0 Å². The first-order valence-electron chi connectivity index (χ1n) is 5.40. The van der Waals surface area contributed by atoms with Crippen molar-refractivity contribution in [1.82, 2.24) is 4.90 Å². The lowest BCUT2D eigenvalue weighted by atomic mass is 10.2. The summed E-state index contributed by atoms with van der Waals surface area (Å²) in [6.45, 7) is 1.29. The molecule has 100 valence electrons. The smallest absolute Gasteiger partial charge is 0.389 e. The van der Waals surface area contributed by atoms with Crippen LogP contribution in [0.25, 0.3) is 0 Å². The van der Waals surface area contributed by atoms with Gasteiger partial charge in [-0.1, -0.05) is 0 Å². The molecule has 0 bridgehead atoms. The SMILES string of the molecule is COC(=O)C1COCCN1CCCC(F)(F)F. The Morgan fingerprint density at radius 3 is 2.82 bits per heavy atom. The van der Waals surface area contributed by atoms with Gasteiger partial charge in [-0.25, -0.2) is 0 Å². The van der Waals surface area contributed by atoms with Crippen molar-refractivity contribution in [2.75, 3.05) is 33.4 Å². The van der Waals surface area contributed by atoms with Crippen LogP contribution in [-0.2, 0) is 14.3 Å². The van der Waals surface area contributed by atoms with Gasteiger partial charge in [-0.3, -0.25) is 9.69 Å². The molecule has 1 atom stereocenters. The summed E-state index contributed by atoms with van der Waals surface area (Å²) in [7, 11) is 1.25. The molecule has 0 aromatic carbocycles. The van der Waals surface area contributed by atoms with Gasteiger partial charge in [0, 0.05) is 13.0 Å². The summed E-state index contributed by atoms with van der Waals surface area (Å²) in [6.07, 6.45) is -5.00. The van der Waals surface area contributed by atoms with Gasteiger partial charge in [0.2, 0.25) is 0 Å². The van der Waals surface area contributed by atoms with Crippen LogP contribution in [0, 0.1) is 0 Å². The molecule has 17 heavy (non-hydrogen) atoms. The molecule has 1 aliphatic rings. The molecule has 7 heteroatoms. The van der Waals surface area contributed by atoms with Gasteiger partial charge in [-0.15, -0.1) is 0 Å². The number of hydrogen-bond acceptors (Lipinski definition) is 4. The molecule has 1 rings (SSSR count). The predicted octanol–water partition coefficient (Wildman–Crippen LogP) is 1.20. The van der Waals surface area contributed by atoms with Crippen molar-refractivity contribution in [2.24, 2.45) is 0 Å². The maximum absolute atomic E-state index is 12.0. The number of rotatable bonds is 4. The first-order chi connectivity index (χ1) is 7.94. The third-order valence-electron chi connectivity index (χ3n) is 2.62. The molecule has 0 radical (unpaired) electrons. The van der Waals surface area contributed by atoms with E-state index in [2.05, 4.69) is 4.74 Å². The van der Waals surface area contributed by atoms with E-state index in [1.165, 1.54) is 7.11 Å². The highest BCUT2D eigenvalue weighted by Crippen LogP contribution is 2.22. The fraction of sp³-hybridized carbons (Fsp3) is 0.900. The molecule has 1 aliphatic heterocycles. The second kappa shape index (κ2) is 6.20. The summed E-state index contributed by atoms with van der Waals surface area (Å²) < 4.78 is 45.7. The first-order valence-corrected chi connectivity index (χ1v) is 5.40. The first kappa shape index (κ1) is 14.2. The molecule has 0 aromatic heterocycles. The van der Waals surface area contributed by atoms with Crippen LogP contribution >= 0.6 is 0 Å². The number of carbonyl (C=O) groups is 1. The highest BCUT2D eigenvalue weighted by molar-refractivity contribution is 5.75. The summed E-state index contributed by atoms with van der Waals surface area (Å²) in [4.78, 5) is 13.1. The van der Waals surface area contributed by atoms with Crippen LogP contribution in [0.5, 0.6) is 0 Å². The van der Waals surface area contributed by atoms with E-state index in [0.717, 1.165) is 0 Å². The van der Waals surface area contributed by atoms with Crippen LogP contribution in [0.3, 0.4) is 0 Å². The molecule has 0 amide bonds. The van der Waals surface area contributed by atoms with Crippen LogP contribution < -0.4 is 0 Å². The molecular formula is C10H16F3NO3. The molecule has 0 aliphatic carbocycles. The molecule has 0 spiro atoms. The van der Waals surface area contributed by atoms with Crippen LogP contribution in [0.4, 0.5) is 13.2 Å². The van der Waals surface area contributed by atoms with Gasteiger partial charge < -0.3 is 9.47 Å². The van der Waals surface area contributed by atoms with Gasteiger partial charge in [0.05, 0.1) is 20.3 Å². The van der Waals surface area contributed by atoms with Crippen molar-refractivity contribution in [3.8, 4) is 0 Å². The van der Waals surface area contributed by atoms with Crippen LogP contribution in [0.1, 0.15) is 12.8 Å². The maximum atomic E-state index is 12.0. The molecule has 1 unspecified atom stereocenters. The minimum atomic E-state index is -4.15. The summed E-state index contributed by atoms with van der Waals surface area (Å²) in [5.74, 6) is -0.461. The summed E-state index contributed by atoms with van der Waals surface area (Å²) in [5, 5.41) is 0. The topological polar surface area (TPSA) is 38.8 Å². The number of carbonyl (C=O) groups excluding carboxylic acids is 1. The van der Waals surface area contributed by atoms with Gasteiger partial charge >= 0.3 is 12.1 Å². The number of ether oxygens (including phenoxy) is 2. The van der Waals surface area contributed by atoms with Crippen molar-refractivity contribution in [2.45, 2.75) is 25.1 Å². The Balaban J connectivity index is 2.40. The average molecular weight is 255 g/mol. The van der Waals surface area contributed by atoms with E-state index in [1.54, 1.807) is 4.90 Å². The van der Waals surface area contributed by atoms with E-state index in [9.17, 15) is 18.0 Å². The monoisotopic (exact) mass is 255 g/mol. The van der Waals surface area contributed by atoms with Crippen molar-refractivity contribution in [1.29, 1.82) is 0 Å². The lowest BCUT2D eigenvalue weighted by Crippen LogP contribution is -2.50. The Bertz CT molecular complexity index is 258. The van der Waals surface area contributed by atoms with E-state index in [4.69, 9.17) is 4.74 Å². The Labute approximate surface area is 97.7 Å². The standard InChI is InChI=1S/C10H16F3NO3/c1-16-9(15)8-7-17-6-5-14(8)4-2-3-10(11,12)13/h8H,2-7H2,1H3. The highest BCUT2D eigenvalue weighted by Gasteiger charge is 2.31. The lowest BCUT2D eigenvalue weighted by molar-refractivity contribution is -0.154. The Morgan fingerprint density at radius 1 is 1.53 bits per heavy atom. The number of hydrogen-bond donors (Lipinski definition) is 0. The van der Waals surface area contributed by atoms with Crippen molar-refractivity contribution in [3.63, 3.8) is 0 Å².